The number of primary amides is 1. The molecule has 0 atom stereocenters. The fourth-order valence-corrected chi connectivity index (χ4v) is 0.905. The summed E-state index contributed by atoms with van der Waals surface area (Å²) in [7, 11) is 1.48. The molecule has 2 amide bonds. The Hall–Kier alpha value is -2.11. The van der Waals surface area contributed by atoms with Gasteiger partial charge in [-0.05, 0) is 6.07 Å². The van der Waals surface area contributed by atoms with E-state index < -0.39 is 11.8 Å². The molecule has 0 aliphatic heterocycles. The topological polar surface area (TPSA) is 94.3 Å². The van der Waals surface area contributed by atoms with Gasteiger partial charge >= 0.3 is 0 Å². The molecule has 0 aromatic carbocycles. The van der Waals surface area contributed by atoms with E-state index in [4.69, 9.17) is 10.5 Å². The fourth-order valence-electron chi connectivity index (χ4n) is 0.905. The number of nitrogens with one attached hydrogen (secondary N) is 1. The number of ether oxygens (including phenoxy) is 1. The highest BCUT2D eigenvalue weighted by molar-refractivity contribution is 5.96. The van der Waals surface area contributed by atoms with E-state index >= 15 is 0 Å². The third-order valence-electron chi connectivity index (χ3n) is 1.63. The van der Waals surface area contributed by atoms with Gasteiger partial charge in [-0.2, -0.15) is 0 Å². The first-order valence-corrected chi connectivity index (χ1v) is 4.20. The Kier molecular flexibility index (Phi) is 3.61. The van der Waals surface area contributed by atoms with Gasteiger partial charge in [0.2, 0.25) is 11.8 Å². The van der Waals surface area contributed by atoms with Crippen molar-refractivity contribution < 1.29 is 14.3 Å². The van der Waals surface area contributed by atoms with Crippen LogP contribution in [-0.4, -0.2) is 30.5 Å². The molecule has 0 spiro atoms. The van der Waals surface area contributed by atoms with Crippen LogP contribution in [0.25, 0.3) is 0 Å². The zero-order valence-corrected chi connectivity index (χ0v) is 8.19. The maximum atomic E-state index is 11.3. The largest absolute Gasteiger partial charge is 0.481 e. The minimum absolute atomic E-state index is 0.190. The number of hydrogen-bond acceptors (Lipinski definition) is 4. The summed E-state index contributed by atoms with van der Waals surface area (Å²) < 4.78 is 4.83. The normalized spacial score (nSPS) is 9.40. The molecule has 0 saturated carbocycles. The van der Waals surface area contributed by atoms with Crippen LogP contribution in [0.3, 0.4) is 0 Å². The summed E-state index contributed by atoms with van der Waals surface area (Å²) in [4.78, 5) is 25.6. The molecular weight excluding hydrogens is 198 g/mol. The molecule has 0 radical (unpaired) electrons. The molecule has 1 heterocycles. The van der Waals surface area contributed by atoms with Crippen LogP contribution in [0.4, 0.5) is 0 Å². The predicted molar refractivity (Wildman–Crippen MR) is 52.3 cm³/mol. The molecular formula is C9H11N3O3. The standard InChI is InChI=1S/C9H11N3O3/c1-15-8-3-2-6(4-11-8)9(14)12-5-7(10)13/h2-4H,5H2,1H3,(H2,10,13)(H,12,14). The maximum absolute atomic E-state index is 11.3. The number of hydrogen-bond donors (Lipinski definition) is 2. The van der Waals surface area contributed by atoms with Gasteiger partial charge in [-0.3, -0.25) is 9.59 Å². The Balaban J connectivity index is 2.62. The Labute approximate surface area is 86.4 Å². The monoisotopic (exact) mass is 209 g/mol. The van der Waals surface area contributed by atoms with Crippen LogP contribution in [0.15, 0.2) is 18.3 Å². The number of nitrogens with zero attached hydrogens (tertiary/aromatic N) is 1. The third-order valence-corrected chi connectivity index (χ3v) is 1.63. The highest BCUT2D eigenvalue weighted by Gasteiger charge is 2.06. The number of nitrogens with two attached hydrogens (primary N) is 1. The van der Waals surface area contributed by atoms with Crippen LogP contribution in [0.2, 0.25) is 0 Å². The molecule has 0 fully saturated rings. The lowest BCUT2D eigenvalue weighted by Gasteiger charge is -2.03. The minimum atomic E-state index is -0.593. The minimum Gasteiger partial charge on any atom is -0.481 e. The fraction of sp³-hybridized carbons (Fsp3) is 0.222. The first-order valence-electron chi connectivity index (χ1n) is 4.20. The Bertz CT molecular complexity index is 361. The van der Waals surface area contributed by atoms with Gasteiger partial charge in [0.25, 0.3) is 5.91 Å². The number of carbonyl (C=O) groups excluding carboxylic acids is 2. The second-order valence-corrected chi connectivity index (χ2v) is 2.74. The molecule has 6 heteroatoms. The summed E-state index contributed by atoms with van der Waals surface area (Å²) in [6.07, 6.45) is 1.36. The van der Waals surface area contributed by atoms with Crippen LogP contribution >= 0.6 is 0 Å². The molecule has 1 rings (SSSR count). The summed E-state index contributed by atoms with van der Waals surface area (Å²) in [5.74, 6) is -0.574. The lowest BCUT2D eigenvalue weighted by Crippen LogP contribution is -2.33. The second kappa shape index (κ2) is 4.94. The Morgan fingerprint density at radius 1 is 1.53 bits per heavy atom. The number of aromatic nitrogens is 1. The highest BCUT2D eigenvalue weighted by atomic mass is 16.5. The molecule has 6 nitrogen and oxygen atoms in total. The lowest BCUT2D eigenvalue weighted by atomic mass is 10.2. The van der Waals surface area contributed by atoms with Gasteiger partial charge in [0.05, 0.1) is 19.2 Å². The van der Waals surface area contributed by atoms with Crippen LogP contribution in [0.1, 0.15) is 10.4 Å². The molecule has 0 aliphatic rings. The molecule has 1 aromatic rings. The maximum Gasteiger partial charge on any atom is 0.253 e. The third kappa shape index (κ3) is 3.26. The van der Waals surface area contributed by atoms with E-state index in [0.29, 0.717) is 11.4 Å². The molecule has 0 bridgehead atoms. The quantitative estimate of drug-likeness (QED) is 0.685. The van der Waals surface area contributed by atoms with Gasteiger partial charge in [0.1, 0.15) is 0 Å². The van der Waals surface area contributed by atoms with E-state index in [1.807, 2.05) is 0 Å². The molecule has 15 heavy (non-hydrogen) atoms. The van der Waals surface area contributed by atoms with E-state index in [9.17, 15) is 9.59 Å². The molecule has 0 saturated heterocycles. The SMILES string of the molecule is COc1ccc(C(=O)NCC(N)=O)cn1. The summed E-state index contributed by atoms with van der Waals surface area (Å²) in [5.41, 5.74) is 5.22. The van der Waals surface area contributed by atoms with Crippen molar-refractivity contribution in [3.63, 3.8) is 0 Å². The average molecular weight is 209 g/mol. The van der Waals surface area contributed by atoms with Crippen LogP contribution in [0, 0.1) is 0 Å². The molecule has 80 valence electrons. The molecule has 3 N–H and O–H groups in total. The second-order valence-electron chi connectivity index (χ2n) is 2.74. The van der Waals surface area contributed by atoms with Crippen LogP contribution in [-0.2, 0) is 4.79 Å². The van der Waals surface area contributed by atoms with Crippen molar-refractivity contribution in [2.45, 2.75) is 0 Å². The number of pyridine rings is 1. The van der Waals surface area contributed by atoms with Crippen molar-refractivity contribution in [1.82, 2.24) is 10.3 Å². The highest BCUT2D eigenvalue weighted by Crippen LogP contribution is 2.05. The summed E-state index contributed by atoms with van der Waals surface area (Å²) in [5, 5.41) is 2.34. The summed E-state index contributed by atoms with van der Waals surface area (Å²) in [6.45, 7) is -0.190. The summed E-state index contributed by atoms with van der Waals surface area (Å²) >= 11 is 0. The smallest absolute Gasteiger partial charge is 0.253 e. The van der Waals surface area contributed by atoms with Crippen molar-refractivity contribution in [3.05, 3.63) is 23.9 Å². The first-order chi connectivity index (χ1) is 7.13. The van der Waals surface area contributed by atoms with E-state index in [1.165, 1.54) is 13.3 Å². The molecule has 1 aromatic heterocycles. The molecule has 0 unspecified atom stereocenters. The van der Waals surface area contributed by atoms with Crippen molar-refractivity contribution in [3.8, 4) is 5.88 Å². The van der Waals surface area contributed by atoms with Gasteiger partial charge in [-0.25, -0.2) is 4.98 Å². The van der Waals surface area contributed by atoms with Gasteiger partial charge in [-0.1, -0.05) is 0 Å². The van der Waals surface area contributed by atoms with E-state index in [0.717, 1.165) is 0 Å². The summed E-state index contributed by atoms with van der Waals surface area (Å²) in [6, 6.07) is 3.10. The number of amides is 2. The van der Waals surface area contributed by atoms with Crippen molar-refractivity contribution in [2.24, 2.45) is 5.73 Å². The van der Waals surface area contributed by atoms with E-state index in [2.05, 4.69) is 10.3 Å². The zero-order valence-electron chi connectivity index (χ0n) is 8.19. The number of rotatable bonds is 4. The Morgan fingerprint density at radius 2 is 2.27 bits per heavy atom. The lowest BCUT2D eigenvalue weighted by molar-refractivity contribution is -0.117. The van der Waals surface area contributed by atoms with Crippen molar-refractivity contribution in [2.75, 3.05) is 13.7 Å². The van der Waals surface area contributed by atoms with Gasteiger partial charge in [0, 0.05) is 12.3 Å². The average Bonchev–Trinajstić information content (AvgIpc) is 2.26. The number of methoxy groups -OCH3 is 1. The van der Waals surface area contributed by atoms with Gasteiger partial charge in [0.15, 0.2) is 0 Å². The van der Waals surface area contributed by atoms with E-state index in [-0.39, 0.29) is 6.54 Å². The van der Waals surface area contributed by atoms with Gasteiger partial charge < -0.3 is 15.8 Å². The van der Waals surface area contributed by atoms with Gasteiger partial charge in [-0.15, -0.1) is 0 Å². The predicted octanol–water partition coefficient (Wildman–Crippen LogP) is -0.695. The van der Waals surface area contributed by atoms with Crippen molar-refractivity contribution >= 4 is 11.8 Å². The first kappa shape index (κ1) is 11.0. The van der Waals surface area contributed by atoms with Crippen molar-refractivity contribution in [1.29, 1.82) is 0 Å². The van der Waals surface area contributed by atoms with Crippen LogP contribution in [0.5, 0.6) is 5.88 Å². The van der Waals surface area contributed by atoms with Crippen LogP contribution < -0.4 is 15.8 Å². The Morgan fingerprint density at radius 3 is 2.73 bits per heavy atom. The number of carbonyl (C=O) groups is 2. The zero-order chi connectivity index (χ0) is 11.3. The van der Waals surface area contributed by atoms with E-state index in [1.54, 1.807) is 12.1 Å². The molecule has 0 aliphatic carbocycles.